The van der Waals surface area contributed by atoms with Crippen LogP contribution in [0.2, 0.25) is 0 Å². The zero-order valence-corrected chi connectivity index (χ0v) is 11.5. The first-order valence-corrected chi connectivity index (χ1v) is 7.29. The van der Waals surface area contributed by atoms with E-state index in [4.69, 9.17) is 5.73 Å². The fraction of sp³-hybridized carbons (Fsp3) is 0.438. The molecule has 1 fully saturated rings. The minimum Gasteiger partial charge on any atom is -0.508 e. The first-order valence-electron chi connectivity index (χ1n) is 7.29. The van der Waals surface area contributed by atoms with Gasteiger partial charge in [0.1, 0.15) is 11.6 Å². The molecule has 0 amide bonds. The van der Waals surface area contributed by atoms with Gasteiger partial charge in [-0.2, -0.15) is 0 Å². The number of phenols is 1. The van der Waals surface area contributed by atoms with Gasteiger partial charge in [0.15, 0.2) is 0 Å². The van der Waals surface area contributed by atoms with Gasteiger partial charge in [-0.05, 0) is 54.8 Å². The summed E-state index contributed by atoms with van der Waals surface area (Å²) < 4.78 is 0. The Morgan fingerprint density at radius 3 is 2.95 bits per heavy atom. The van der Waals surface area contributed by atoms with E-state index in [1.165, 1.54) is 19.3 Å². The molecule has 0 aliphatic heterocycles. The molecule has 4 N–H and O–H groups in total. The minimum absolute atomic E-state index is 0.272. The summed E-state index contributed by atoms with van der Waals surface area (Å²) in [6.07, 6.45) is 5.56. The molecule has 2 unspecified atom stereocenters. The van der Waals surface area contributed by atoms with Gasteiger partial charge in [-0.15, -0.1) is 0 Å². The molecule has 20 heavy (non-hydrogen) atoms. The van der Waals surface area contributed by atoms with Gasteiger partial charge >= 0.3 is 0 Å². The molecule has 1 aromatic carbocycles. The summed E-state index contributed by atoms with van der Waals surface area (Å²) in [6.45, 7) is 1.68. The van der Waals surface area contributed by atoms with Gasteiger partial charge in [-0.25, -0.2) is 4.98 Å². The Morgan fingerprint density at radius 2 is 2.10 bits per heavy atom. The molecule has 0 radical (unpaired) electrons. The van der Waals surface area contributed by atoms with Crippen molar-refractivity contribution in [2.45, 2.75) is 19.3 Å². The van der Waals surface area contributed by atoms with E-state index in [1.807, 2.05) is 12.1 Å². The van der Waals surface area contributed by atoms with E-state index in [2.05, 4.69) is 10.3 Å². The Balaban J connectivity index is 1.79. The number of nitrogens with zero attached hydrogens (tertiary/aromatic N) is 1. The van der Waals surface area contributed by atoms with Gasteiger partial charge in [-0.3, -0.25) is 0 Å². The van der Waals surface area contributed by atoms with Crippen molar-refractivity contribution in [1.82, 2.24) is 4.98 Å². The smallest absolute Gasteiger partial charge is 0.133 e. The van der Waals surface area contributed by atoms with E-state index < -0.39 is 0 Å². The second kappa shape index (κ2) is 5.67. The monoisotopic (exact) mass is 271 g/mol. The topological polar surface area (TPSA) is 71.2 Å². The summed E-state index contributed by atoms with van der Waals surface area (Å²) in [5.74, 6) is 2.38. The van der Waals surface area contributed by atoms with E-state index in [-0.39, 0.29) is 5.75 Å². The molecule has 106 valence electrons. The number of rotatable bonds is 4. The highest BCUT2D eigenvalue weighted by atomic mass is 16.3. The lowest BCUT2D eigenvalue weighted by Gasteiger charge is -2.19. The van der Waals surface area contributed by atoms with E-state index in [1.54, 1.807) is 18.3 Å². The molecule has 3 rings (SSSR count). The lowest BCUT2D eigenvalue weighted by atomic mass is 9.96. The average Bonchev–Trinajstić information content (AvgIpc) is 2.92. The van der Waals surface area contributed by atoms with Gasteiger partial charge in [-0.1, -0.05) is 12.5 Å². The Kier molecular flexibility index (Phi) is 3.74. The highest BCUT2D eigenvalue weighted by Crippen LogP contribution is 2.32. The molecule has 4 nitrogen and oxygen atoms in total. The molecule has 1 aliphatic rings. The van der Waals surface area contributed by atoms with Crippen molar-refractivity contribution in [1.29, 1.82) is 0 Å². The van der Waals surface area contributed by atoms with Crippen LogP contribution in [0.1, 0.15) is 19.3 Å². The fourth-order valence-corrected chi connectivity index (χ4v) is 3.22. The maximum atomic E-state index is 9.64. The van der Waals surface area contributed by atoms with Crippen LogP contribution in [0.25, 0.3) is 10.8 Å². The molecule has 1 saturated carbocycles. The number of fused-ring (bicyclic) bond motifs is 1. The van der Waals surface area contributed by atoms with Crippen LogP contribution in [0, 0.1) is 11.8 Å². The Hall–Kier alpha value is -1.81. The zero-order chi connectivity index (χ0) is 13.9. The number of benzene rings is 1. The number of nitrogens with two attached hydrogens (primary N) is 1. The van der Waals surface area contributed by atoms with Crippen LogP contribution in [0.4, 0.5) is 5.82 Å². The third-order valence-electron chi connectivity index (χ3n) is 4.40. The number of hydrogen-bond acceptors (Lipinski definition) is 4. The number of pyridine rings is 1. The summed E-state index contributed by atoms with van der Waals surface area (Å²) >= 11 is 0. The third-order valence-corrected chi connectivity index (χ3v) is 4.40. The Bertz CT molecular complexity index is 599. The van der Waals surface area contributed by atoms with Crippen molar-refractivity contribution in [3.8, 4) is 5.75 Å². The van der Waals surface area contributed by atoms with Crippen LogP contribution in [0.3, 0.4) is 0 Å². The number of aromatic nitrogens is 1. The lowest BCUT2D eigenvalue weighted by Crippen LogP contribution is -2.24. The van der Waals surface area contributed by atoms with Gasteiger partial charge in [0.2, 0.25) is 0 Å². The number of nitrogens with one attached hydrogen (secondary N) is 1. The molecule has 2 atom stereocenters. The van der Waals surface area contributed by atoms with Gasteiger partial charge in [0.25, 0.3) is 0 Å². The maximum Gasteiger partial charge on any atom is 0.133 e. The summed E-state index contributed by atoms with van der Waals surface area (Å²) in [6, 6.07) is 7.33. The second-order valence-corrected chi connectivity index (χ2v) is 5.63. The molecule has 0 spiro atoms. The number of aromatic hydroxyl groups is 1. The van der Waals surface area contributed by atoms with Crippen molar-refractivity contribution >= 4 is 16.6 Å². The lowest BCUT2D eigenvalue weighted by molar-refractivity contribution is 0.414. The van der Waals surface area contributed by atoms with E-state index in [0.29, 0.717) is 11.8 Å². The quantitative estimate of drug-likeness (QED) is 0.799. The van der Waals surface area contributed by atoms with Gasteiger partial charge < -0.3 is 16.2 Å². The van der Waals surface area contributed by atoms with Crippen LogP contribution >= 0.6 is 0 Å². The van der Waals surface area contributed by atoms with E-state index in [0.717, 1.165) is 29.7 Å². The first-order chi connectivity index (χ1) is 9.78. The predicted molar refractivity (Wildman–Crippen MR) is 81.8 cm³/mol. The average molecular weight is 271 g/mol. The largest absolute Gasteiger partial charge is 0.508 e. The van der Waals surface area contributed by atoms with Crippen LogP contribution in [0.15, 0.2) is 30.5 Å². The zero-order valence-electron chi connectivity index (χ0n) is 11.5. The molecule has 2 aromatic rings. The third kappa shape index (κ3) is 2.56. The number of phenolic OH excluding ortho intramolecular Hbond substituents is 1. The van der Waals surface area contributed by atoms with Gasteiger partial charge in [0.05, 0.1) is 0 Å². The van der Waals surface area contributed by atoms with Crippen LogP contribution in [-0.4, -0.2) is 23.2 Å². The van der Waals surface area contributed by atoms with E-state index >= 15 is 0 Å². The standard InChI is InChI=1S/C16H21N3O/c17-9-12-2-1-3-13(12)10-19-16-15-8-14(20)5-4-11(15)6-7-18-16/h4-8,12-13,20H,1-3,9-10,17H2,(H,18,19). The van der Waals surface area contributed by atoms with Crippen LogP contribution < -0.4 is 11.1 Å². The fourth-order valence-electron chi connectivity index (χ4n) is 3.22. The minimum atomic E-state index is 0.272. The molecular weight excluding hydrogens is 250 g/mol. The van der Waals surface area contributed by atoms with E-state index in [9.17, 15) is 5.11 Å². The molecule has 1 aromatic heterocycles. The normalized spacial score (nSPS) is 22.2. The summed E-state index contributed by atoms with van der Waals surface area (Å²) in [5.41, 5.74) is 5.83. The van der Waals surface area contributed by atoms with Crippen molar-refractivity contribution in [2.75, 3.05) is 18.4 Å². The molecule has 1 heterocycles. The number of anilines is 1. The SMILES string of the molecule is NCC1CCCC1CNc1nccc2ccc(O)cc12. The molecule has 0 bridgehead atoms. The first kappa shape index (κ1) is 13.2. The molecule has 1 aliphatic carbocycles. The van der Waals surface area contributed by atoms with Gasteiger partial charge in [0, 0.05) is 18.1 Å². The van der Waals surface area contributed by atoms with Crippen LogP contribution in [0.5, 0.6) is 5.75 Å². The van der Waals surface area contributed by atoms with Crippen molar-refractivity contribution < 1.29 is 5.11 Å². The van der Waals surface area contributed by atoms with Crippen LogP contribution in [-0.2, 0) is 0 Å². The van der Waals surface area contributed by atoms with Crippen molar-refractivity contribution in [3.63, 3.8) is 0 Å². The van der Waals surface area contributed by atoms with Crippen molar-refractivity contribution in [2.24, 2.45) is 17.6 Å². The number of hydrogen-bond donors (Lipinski definition) is 3. The highest BCUT2D eigenvalue weighted by molar-refractivity contribution is 5.92. The Labute approximate surface area is 119 Å². The highest BCUT2D eigenvalue weighted by Gasteiger charge is 2.25. The second-order valence-electron chi connectivity index (χ2n) is 5.63. The predicted octanol–water partition coefficient (Wildman–Crippen LogP) is 2.73. The maximum absolute atomic E-state index is 9.64. The van der Waals surface area contributed by atoms with Crippen molar-refractivity contribution in [3.05, 3.63) is 30.5 Å². The summed E-state index contributed by atoms with van der Waals surface area (Å²) in [7, 11) is 0. The summed E-state index contributed by atoms with van der Waals surface area (Å²) in [5, 5.41) is 15.1. The molecular formula is C16H21N3O. The molecule has 0 saturated heterocycles. The Morgan fingerprint density at radius 1 is 1.25 bits per heavy atom. The summed E-state index contributed by atoms with van der Waals surface area (Å²) in [4.78, 5) is 4.41. The molecule has 4 heteroatoms.